The van der Waals surface area contributed by atoms with Crippen LogP contribution in [0.5, 0.6) is 0 Å². The Bertz CT molecular complexity index is 1430. The highest BCUT2D eigenvalue weighted by molar-refractivity contribution is 6.32. The number of para-hydroxylation sites is 1. The van der Waals surface area contributed by atoms with E-state index in [1.54, 1.807) is 24.3 Å². The molecule has 0 spiro atoms. The van der Waals surface area contributed by atoms with E-state index in [1.807, 2.05) is 0 Å². The minimum Gasteiger partial charge on any atom is -0.382 e. The van der Waals surface area contributed by atoms with Gasteiger partial charge in [-0.25, -0.2) is 9.48 Å². The number of nitrogens with two attached hydrogens (primary N) is 1. The first-order valence-electron chi connectivity index (χ1n) is 10.9. The molecule has 0 bridgehead atoms. The van der Waals surface area contributed by atoms with Crippen LogP contribution in [0.3, 0.4) is 0 Å². The summed E-state index contributed by atoms with van der Waals surface area (Å²) in [7, 11) is 0. The minimum atomic E-state index is -4.93. The molecule has 4 aromatic rings. The topological polar surface area (TPSA) is 129 Å². The third-order valence-electron chi connectivity index (χ3n) is 5.21. The fourth-order valence-corrected chi connectivity index (χ4v) is 3.78. The fourth-order valence-electron chi connectivity index (χ4n) is 3.44. The Morgan fingerprint density at radius 1 is 1.08 bits per heavy atom. The van der Waals surface area contributed by atoms with Crippen LogP contribution in [0.1, 0.15) is 5.82 Å². The van der Waals surface area contributed by atoms with Crippen LogP contribution in [0, 0.1) is 0 Å². The number of hydrogen-bond acceptors (Lipinski definition) is 7. The van der Waals surface area contributed by atoms with Gasteiger partial charge in [-0.2, -0.15) is 22.8 Å². The van der Waals surface area contributed by atoms with E-state index in [2.05, 4.69) is 20.5 Å². The number of anilines is 1. The van der Waals surface area contributed by atoms with Crippen LogP contribution in [-0.2, 0) is 13.1 Å². The van der Waals surface area contributed by atoms with Crippen molar-refractivity contribution >= 4 is 29.2 Å². The summed E-state index contributed by atoms with van der Waals surface area (Å²) in [5, 5.41) is 22.1. The van der Waals surface area contributed by atoms with E-state index in [9.17, 15) is 23.1 Å². The molecule has 10 nitrogen and oxygen atoms in total. The molecule has 4 rings (SSSR count). The number of aliphatic hydroxyl groups is 1. The molecule has 0 saturated heterocycles. The number of halogens is 5. The molecule has 2 aromatic heterocycles. The Morgan fingerprint density at radius 2 is 1.78 bits per heavy atom. The Hall–Kier alpha value is -3.39. The molecular weight excluding hydrogens is 536 g/mol. The molecule has 15 heteroatoms. The predicted octanol–water partition coefficient (Wildman–Crippen LogP) is 2.94. The van der Waals surface area contributed by atoms with Crippen LogP contribution >= 0.6 is 23.2 Å². The summed E-state index contributed by atoms with van der Waals surface area (Å²) in [4.78, 5) is 17.5. The molecule has 0 aliphatic carbocycles. The van der Waals surface area contributed by atoms with Crippen molar-refractivity contribution in [2.75, 3.05) is 18.4 Å². The van der Waals surface area contributed by atoms with Gasteiger partial charge >= 0.3 is 11.9 Å². The van der Waals surface area contributed by atoms with Gasteiger partial charge in [-0.05, 0) is 36.4 Å². The minimum absolute atomic E-state index is 0.0861. The largest absolute Gasteiger partial charge is 0.416 e. The van der Waals surface area contributed by atoms with Gasteiger partial charge in [0.05, 0.1) is 17.3 Å². The fraction of sp³-hybridized carbons (Fsp3) is 0.273. The van der Waals surface area contributed by atoms with Crippen LogP contribution < -0.4 is 16.7 Å². The third-order valence-corrected chi connectivity index (χ3v) is 5.78. The lowest BCUT2D eigenvalue weighted by atomic mass is 10.2. The molecular formula is C22H21Cl2F3N8O2. The smallest absolute Gasteiger partial charge is 0.382 e. The molecule has 0 aliphatic rings. The summed E-state index contributed by atoms with van der Waals surface area (Å²) in [6, 6.07) is 12.9. The zero-order valence-corrected chi connectivity index (χ0v) is 20.5. The maximum Gasteiger partial charge on any atom is 0.416 e. The van der Waals surface area contributed by atoms with E-state index in [4.69, 9.17) is 28.9 Å². The van der Waals surface area contributed by atoms with E-state index in [-0.39, 0.29) is 18.2 Å². The molecule has 2 aromatic carbocycles. The second-order valence-electron chi connectivity index (χ2n) is 7.87. The highest BCUT2D eigenvalue weighted by Crippen LogP contribution is 2.25. The molecule has 4 N–H and O–H groups in total. The van der Waals surface area contributed by atoms with Crippen molar-refractivity contribution in [2.24, 2.45) is 5.73 Å². The van der Waals surface area contributed by atoms with Crippen molar-refractivity contribution in [3.05, 3.63) is 74.9 Å². The predicted molar refractivity (Wildman–Crippen MR) is 132 cm³/mol. The number of benzene rings is 2. The molecule has 0 amide bonds. The van der Waals surface area contributed by atoms with Gasteiger partial charge in [0.2, 0.25) is 5.95 Å². The van der Waals surface area contributed by atoms with E-state index < -0.39 is 24.5 Å². The summed E-state index contributed by atoms with van der Waals surface area (Å²) in [6.45, 7) is -0.651. The number of aliphatic hydroxyl groups excluding tert-OH is 1. The van der Waals surface area contributed by atoms with Gasteiger partial charge in [0.15, 0.2) is 17.8 Å². The van der Waals surface area contributed by atoms with E-state index >= 15 is 0 Å². The molecule has 0 fully saturated rings. The van der Waals surface area contributed by atoms with Crippen LogP contribution in [0.15, 0.2) is 53.3 Å². The number of nitrogens with zero attached hydrogens (tertiary/aromatic N) is 6. The SMILES string of the molecule is NCCNc1nc(Cn2nc(-c3ccc(Cl)cc3)n(CC(O)C(F)(F)F)c2=O)nn1-c1ccccc1Cl. The molecule has 0 radical (unpaired) electrons. The lowest BCUT2D eigenvalue weighted by molar-refractivity contribution is -0.207. The van der Waals surface area contributed by atoms with E-state index in [0.29, 0.717) is 40.3 Å². The van der Waals surface area contributed by atoms with Crippen molar-refractivity contribution in [3.63, 3.8) is 0 Å². The number of nitrogens with one attached hydrogen (secondary N) is 1. The first-order chi connectivity index (χ1) is 17.6. The summed E-state index contributed by atoms with van der Waals surface area (Å²) in [5.41, 5.74) is 5.53. The summed E-state index contributed by atoms with van der Waals surface area (Å²) < 4.78 is 42.4. The first kappa shape index (κ1) is 26.7. The highest BCUT2D eigenvalue weighted by Gasteiger charge is 2.39. The zero-order valence-electron chi connectivity index (χ0n) is 19.0. The second-order valence-corrected chi connectivity index (χ2v) is 8.71. The molecule has 1 atom stereocenters. The number of rotatable bonds is 9. The maximum absolute atomic E-state index is 13.1. The molecule has 1 unspecified atom stereocenters. The van der Waals surface area contributed by atoms with Crippen LogP contribution in [-0.4, -0.2) is 59.6 Å². The number of aromatic nitrogens is 6. The molecule has 0 saturated carbocycles. The average molecular weight is 557 g/mol. The molecule has 37 heavy (non-hydrogen) atoms. The lowest BCUT2D eigenvalue weighted by Crippen LogP contribution is -2.37. The van der Waals surface area contributed by atoms with Gasteiger partial charge in [-0.15, -0.1) is 10.2 Å². The zero-order chi connectivity index (χ0) is 26.7. The van der Waals surface area contributed by atoms with Gasteiger partial charge in [-0.3, -0.25) is 4.57 Å². The van der Waals surface area contributed by atoms with Crippen LogP contribution in [0.2, 0.25) is 10.0 Å². The van der Waals surface area contributed by atoms with Crippen molar-refractivity contribution in [2.45, 2.75) is 25.4 Å². The second kappa shape index (κ2) is 10.9. The number of alkyl halides is 3. The van der Waals surface area contributed by atoms with Crippen LogP contribution in [0.4, 0.5) is 19.1 Å². The van der Waals surface area contributed by atoms with Crippen LogP contribution in [0.25, 0.3) is 17.1 Å². The van der Waals surface area contributed by atoms with Gasteiger partial charge < -0.3 is 16.2 Å². The Labute approximate surface area is 218 Å². The summed E-state index contributed by atoms with van der Waals surface area (Å²) in [5.74, 6) is 0.341. The highest BCUT2D eigenvalue weighted by atomic mass is 35.5. The Kier molecular flexibility index (Phi) is 7.87. The average Bonchev–Trinajstić information content (AvgIpc) is 3.39. The Balaban J connectivity index is 1.76. The standard InChI is InChI=1S/C22H21Cl2F3N8O2/c23-14-7-5-13(6-8-14)19-32-34(21(37)33(19)11-17(36)22(25,26)27)12-18-30-20(29-10-9-28)35(31-18)16-4-2-1-3-15(16)24/h1-8,17,36H,9-12,28H2,(H,29,30,31). The van der Waals surface area contributed by atoms with Crippen molar-refractivity contribution in [1.82, 2.24) is 29.1 Å². The van der Waals surface area contributed by atoms with Gasteiger partial charge in [0.25, 0.3) is 0 Å². The van der Waals surface area contributed by atoms with Crippen molar-refractivity contribution < 1.29 is 18.3 Å². The third kappa shape index (κ3) is 5.96. The lowest BCUT2D eigenvalue weighted by Gasteiger charge is -2.15. The quantitative estimate of drug-likeness (QED) is 0.289. The number of hydrogen-bond donors (Lipinski definition) is 3. The Morgan fingerprint density at radius 3 is 2.43 bits per heavy atom. The van der Waals surface area contributed by atoms with Gasteiger partial charge in [0, 0.05) is 23.7 Å². The van der Waals surface area contributed by atoms with E-state index in [0.717, 1.165) is 9.25 Å². The van der Waals surface area contributed by atoms with Gasteiger partial charge in [-0.1, -0.05) is 35.3 Å². The maximum atomic E-state index is 13.1. The normalized spacial score (nSPS) is 12.6. The van der Waals surface area contributed by atoms with Crippen molar-refractivity contribution in [3.8, 4) is 17.1 Å². The molecule has 196 valence electrons. The summed E-state index contributed by atoms with van der Waals surface area (Å²) >= 11 is 12.2. The molecule has 2 heterocycles. The molecule has 0 aliphatic heterocycles. The van der Waals surface area contributed by atoms with E-state index in [1.165, 1.54) is 28.9 Å². The van der Waals surface area contributed by atoms with Gasteiger partial charge in [0.1, 0.15) is 6.54 Å². The monoisotopic (exact) mass is 556 g/mol. The summed E-state index contributed by atoms with van der Waals surface area (Å²) in [6.07, 6.45) is -7.71. The first-order valence-corrected chi connectivity index (χ1v) is 11.7. The van der Waals surface area contributed by atoms with Crippen molar-refractivity contribution in [1.29, 1.82) is 0 Å².